The molecule has 0 bridgehead atoms. The summed E-state index contributed by atoms with van der Waals surface area (Å²) in [6.45, 7) is 0. The summed E-state index contributed by atoms with van der Waals surface area (Å²) in [7, 11) is 1.39. The highest BCUT2D eigenvalue weighted by molar-refractivity contribution is 6.31. The highest BCUT2D eigenvalue weighted by atomic mass is 35.5. The number of nitrogens with zero attached hydrogens (tertiary/aromatic N) is 1. The van der Waals surface area contributed by atoms with Gasteiger partial charge in [0.15, 0.2) is 5.78 Å². The Balaban J connectivity index is 2.63. The minimum atomic E-state index is -1.49. The van der Waals surface area contributed by atoms with E-state index in [4.69, 9.17) is 16.7 Å². The molecular weight excluding hydrogens is 350 g/mol. The fraction of sp³-hybridized carbons (Fsp3) is 0.471. The average molecular weight is 370 g/mol. The van der Waals surface area contributed by atoms with Crippen LogP contribution in [0, 0.1) is 0 Å². The number of carboxylic acid groups (broad SMARTS) is 2. The Morgan fingerprint density at radius 2 is 2.00 bits per heavy atom. The van der Waals surface area contributed by atoms with Crippen LogP contribution in [0.25, 0.3) is 0 Å². The predicted octanol–water partition coefficient (Wildman–Crippen LogP) is 1.51. The summed E-state index contributed by atoms with van der Waals surface area (Å²) in [4.78, 5) is 37.0. The van der Waals surface area contributed by atoms with Crippen molar-refractivity contribution in [3.05, 3.63) is 34.9 Å². The van der Waals surface area contributed by atoms with Crippen molar-refractivity contribution in [1.82, 2.24) is 4.90 Å². The monoisotopic (exact) mass is 369 g/mol. The molecule has 0 radical (unpaired) electrons. The summed E-state index contributed by atoms with van der Waals surface area (Å²) in [5.41, 5.74) is -1.12. The van der Waals surface area contributed by atoms with Gasteiger partial charge in [0.25, 0.3) is 0 Å². The van der Waals surface area contributed by atoms with Gasteiger partial charge in [-0.15, -0.1) is 0 Å². The fourth-order valence-electron chi connectivity index (χ4n) is 3.51. The summed E-state index contributed by atoms with van der Waals surface area (Å²) in [5.74, 6) is -3.22. The van der Waals surface area contributed by atoms with E-state index in [1.165, 1.54) is 11.9 Å². The second-order valence-corrected chi connectivity index (χ2v) is 6.58. The molecule has 1 aromatic rings. The Bertz CT molecular complexity index is 693. The van der Waals surface area contributed by atoms with E-state index in [2.05, 4.69) is 0 Å². The largest absolute Gasteiger partial charge is 0.481 e. The first kappa shape index (κ1) is 19.4. The van der Waals surface area contributed by atoms with Crippen molar-refractivity contribution in [2.45, 2.75) is 43.4 Å². The first-order valence-corrected chi connectivity index (χ1v) is 8.24. The number of Topliss-reactive ketones (excluding diaryl/α,β-unsaturated/α-hetero) is 1. The second kappa shape index (κ2) is 7.51. The van der Waals surface area contributed by atoms with E-state index in [1.54, 1.807) is 24.3 Å². The number of likely N-dealkylation sites (N-methyl/N-ethyl adjacent to an activating group) is 1. The van der Waals surface area contributed by atoms with Crippen LogP contribution >= 0.6 is 11.6 Å². The lowest BCUT2D eigenvalue weighted by molar-refractivity contribution is -0.159. The van der Waals surface area contributed by atoms with Gasteiger partial charge in [0.05, 0.1) is 6.42 Å². The number of halogens is 1. The van der Waals surface area contributed by atoms with E-state index >= 15 is 0 Å². The molecule has 8 heteroatoms. The molecule has 0 unspecified atom stereocenters. The second-order valence-electron chi connectivity index (χ2n) is 6.18. The van der Waals surface area contributed by atoms with Crippen molar-refractivity contribution in [2.75, 3.05) is 7.05 Å². The maximum Gasteiger partial charge on any atom is 0.321 e. The number of benzene rings is 1. The SMILES string of the molecule is CN([C@@H](CC(=O)O)C(=O)O)[C@@]1(c2ccccc2Cl)CCC[C@@H](O)C1=O. The van der Waals surface area contributed by atoms with Gasteiger partial charge in [-0.05, 0) is 37.9 Å². The average Bonchev–Trinajstić information content (AvgIpc) is 2.55. The van der Waals surface area contributed by atoms with Crippen molar-refractivity contribution in [2.24, 2.45) is 0 Å². The number of aliphatic carboxylic acids is 2. The smallest absolute Gasteiger partial charge is 0.321 e. The zero-order valence-electron chi connectivity index (χ0n) is 13.7. The van der Waals surface area contributed by atoms with Crippen LogP contribution in [-0.2, 0) is 19.9 Å². The van der Waals surface area contributed by atoms with Crippen molar-refractivity contribution < 1.29 is 29.7 Å². The quantitative estimate of drug-likeness (QED) is 0.696. The van der Waals surface area contributed by atoms with Crippen LogP contribution in [0.1, 0.15) is 31.2 Å². The third-order valence-corrected chi connectivity index (χ3v) is 5.10. The van der Waals surface area contributed by atoms with Crippen molar-refractivity contribution in [3.8, 4) is 0 Å². The summed E-state index contributed by atoms with van der Waals surface area (Å²) < 4.78 is 0. The first-order chi connectivity index (χ1) is 11.7. The molecule has 3 atom stereocenters. The van der Waals surface area contributed by atoms with Crippen LogP contribution in [0.5, 0.6) is 0 Å². The third kappa shape index (κ3) is 3.53. The molecule has 0 aromatic heterocycles. The Labute approximate surface area is 149 Å². The number of aliphatic hydroxyl groups is 1. The van der Waals surface area contributed by atoms with Crippen LogP contribution in [0.3, 0.4) is 0 Å². The van der Waals surface area contributed by atoms with Crippen LogP contribution in [0.4, 0.5) is 0 Å². The minimum Gasteiger partial charge on any atom is -0.481 e. The molecule has 1 aliphatic rings. The van der Waals surface area contributed by atoms with Gasteiger partial charge < -0.3 is 15.3 Å². The zero-order chi connectivity index (χ0) is 18.8. The molecule has 1 fully saturated rings. The van der Waals surface area contributed by atoms with Gasteiger partial charge in [-0.1, -0.05) is 29.8 Å². The molecule has 1 aliphatic carbocycles. The summed E-state index contributed by atoms with van der Waals surface area (Å²) >= 11 is 6.27. The van der Waals surface area contributed by atoms with Gasteiger partial charge in [0.2, 0.25) is 0 Å². The number of carboxylic acids is 2. The van der Waals surface area contributed by atoms with Crippen LogP contribution in [0.2, 0.25) is 5.02 Å². The van der Waals surface area contributed by atoms with Gasteiger partial charge >= 0.3 is 11.9 Å². The fourth-order valence-corrected chi connectivity index (χ4v) is 3.80. The van der Waals surface area contributed by atoms with Crippen molar-refractivity contribution >= 4 is 29.3 Å². The summed E-state index contributed by atoms with van der Waals surface area (Å²) in [6.07, 6.45) is -0.947. The number of carbonyl (C=O) groups is 3. The van der Waals surface area contributed by atoms with Crippen LogP contribution in [-0.4, -0.2) is 57.1 Å². The molecule has 1 aromatic carbocycles. The number of rotatable bonds is 6. The Morgan fingerprint density at radius 1 is 1.36 bits per heavy atom. The molecular formula is C17H20ClNO6. The molecule has 0 heterocycles. The van der Waals surface area contributed by atoms with Crippen molar-refractivity contribution in [1.29, 1.82) is 0 Å². The number of aliphatic hydroxyl groups excluding tert-OH is 1. The van der Waals surface area contributed by atoms with E-state index < -0.39 is 41.8 Å². The molecule has 3 N–H and O–H groups in total. The molecule has 7 nitrogen and oxygen atoms in total. The Kier molecular flexibility index (Phi) is 5.82. The molecule has 0 spiro atoms. The minimum absolute atomic E-state index is 0.243. The van der Waals surface area contributed by atoms with Gasteiger partial charge in [0.1, 0.15) is 17.7 Å². The topological polar surface area (TPSA) is 115 Å². The van der Waals surface area contributed by atoms with Gasteiger partial charge in [-0.3, -0.25) is 19.3 Å². The van der Waals surface area contributed by atoms with Crippen LogP contribution in [0.15, 0.2) is 24.3 Å². The number of hydrogen-bond acceptors (Lipinski definition) is 5. The zero-order valence-corrected chi connectivity index (χ0v) is 14.4. The standard InChI is InChI=1S/C17H20ClNO6/c1-19(12(16(24)25)9-14(21)22)17(8-4-7-13(20)15(17)23)10-5-2-3-6-11(10)18/h2-3,5-6,12-13,20H,4,7-9H2,1H3,(H,21,22)(H,24,25)/t12-,13+,17+/m0/s1. The number of ketones is 1. The van der Waals surface area contributed by atoms with Gasteiger partial charge in [0, 0.05) is 5.02 Å². The van der Waals surface area contributed by atoms with Crippen LogP contribution < -0.4 is 0 Å². The maximum absolute atomic E-state index is 13.0. The summed E-state index contributed by atoms with van der Waals surface area (Å²) in [5, 5.41) is 28.9. The molecule has 2 rings (SSSR count). The maximum atomic E-state index is 13.0. The van der Waals surface area contributed by atoms with E-state index in [0.717, 1.165) is 0 Å². The lowest BCUT2D eigenvalue weighted by Gasteiger charge is -2.47. The Morgan fingerprint density at radius 3 is 2.56 bits per heavy atom. The van der Waals surface area contributed by atoms with Crippen molar-refractivity contribution in [3.63, 3.8) is 0 Å². The molecule has 1 saturated carbocycles. The predicted molar refractivity (Wildman–Crippen MR) is 89.4 cm³/mol. The van der Waals surface area contributed by atoms with E-state index in [1.807, 2.05) is 0 Å². The van der Waals surface area contributed by atoms with Gasteiger partial charge in [-0.25, -0.2) is 0 Å². The molecule has 0 amide bonds. The molecule has 136 valence electrons. The third-order valence-electron chi connectivity index (χ3n) is 4.77. The lowest BCUT2D eigenvalue weighted by atomic mass is 9.72. The Hall–Kier alpha value is -1.96. The highest BCUT2D eigenvalue weighted by Gasteiger charge is 2.52. The molecule has 25 heavy (non-hydrogen) atoms. The van der Waals surface area contributed by atoms with Gasteiger partial charge in [-0.2, -0.15) is 0 Å². The molecule has 0 aliphatic heterocycles. The number of hydrogen-bond donors (Lipinski definition) is 3. The van der Waals surface area contributed by atoms with E-state index in [-0.39, 0.29) is 17.9 Å². The van der Waals surface area contributed by atoms with E-state index in [9.17, 15) is 24.6 Å². The normalized spacial score (nSPS) is 25.0. The number of carbonyl (C=O) groups excluding carboxylic acids is 1. The van der Waals surface area contributed by atoms with E-state index in [0.29, 0.717) is 12.0 Å². The summed E-state index contributed by atoms with van der Waals surface area (Å²) in [6, 6.07) is 5.08. The highest BCUT2D eigenvalue weighted by Crippen LogP contribution is 2.43. The lowest BCUT2D eigenvalue weighted by Crippen LogP contribution is -2.61. The first-order valence-electron chi connectivity index (χ1n) is 7.86. The molecule has 0 saturated heterocycles.